The molecule has 2 aliphatic rings. The highest BCUT2D eigenvalue weighted by atomic mass is 16.2. The van der Waals surface area contributed by atoms with Crippen molar-refractivity contribution in [3.05, 3.63) is 34.2 Å². The van der Waals surface area contributed by atoms with Crippen molar-refractivity contribution in [2.24, 2.45) is 0 Å². The van der Waals surface area contributed by atoms with E-state index in [4.69, 9.17) is 0 Å². The number of hydrogen-bond donors (Lipinski definition) is 3. The largest absolute Gasteiger partial charge is 0.350 e. The SMILES string of the molecule is O=C(NCC1CCCN1)c1ccc2c(c1)[nH]c(=O)n2C1CCCC1. The Morgan fingerprint density at radius 2 is 2.04 bits per heavy atom. The third kappa shape index (κ3) is 2.86. The van der Waals surface area contributed by atoms with Gasteiger partial charge in [0, 0.05) is 24.2 Å². The monoisotopic (exact) mass is 328 g/mol. The molecule has 1 aliphatic carbocycles. The van der Waals surface area contributed by atoms with Crippen LogP contribution in [0.1, 0.15) is 54.9 Å². The number of nitrogens with zero attached hydrogens (tertiary/aromatic N) is 1. The standard InChI is InChI=1S/C18H24N4O2/c23-17(20-11-13-4-3-9-19-13)12-7-8-16-15(10-12)21-18(24)22(16)14-5-1-2-6-14/h7-8,10,13-14,19H,1-6,9,11H2,(H,20,23)(H,21,24). The van der Waals surface area contributed by atoms with Crippen molar-refractivity contribution in [1.82, 2.24) is 20.2 Å². The molecule has 1 aromatic carbocycles. The van der Waals surface area contributed by atoms with Crippen LogP contribution in [0.15, 0.2) is 23.0 Å². The van der Waals surface area contributed by atoms with Gasteiger partial charge in [0.1, 0.15) is 0 Å². The van der Waals surface area contributed by atoms with Crippen LogP contribution < -0.4 is 16.3 Å². The summed E-state index contributed by atoms with van der Waals surface area (Å²) in [6.45, 7) is 1.68. The summed E-state index contributed by atoms with van der Waals surface area (Å²) in [5.41, 5.74) is 2.18. The molecule has 2 fully saturated rings. The Morgan fingerprint density at radius 1 is 1.21 bits per heavy atom. The summed E-state index contributed by atoms with van der Waals surface area (Å²) in [5, 5.41) is 6.35. The fraction of sp³-hybridized carbons (Fsp3) is 0.556. The molecule has 1 saturated carbocycles. The molecule has 6 heteroatoms. The minimum atomic E-state index is -0.0833. The van der Waals surface area contributed by atoms with Crippen LogP contribution >= 0.6 is 0 Å². The van der Waals surface area contributed by atoms with Gasteiger partial charge in [0.15, 0.2) is 0 Å². The van der Waals surface area contributed by atoms with Crippen molar-refractivity contribution in [1.29, 1.82) is 0 Å². The molecule has 2 heterocycles. The molecular weight excluding hydrogens is 304 g/mol. The average Bonchev–Trinajstić information content (AvgIpc) is 3.31. The van der Waals surface area contributed by atoms with Gasteiger partial charge >= 0.3 is 5.69 Å². The molecule has 1 amide bonds. The predicted molar refractivity (Wildman–Crippen MR) is 93.4 cm³/mol. The highest BCUT2D eigenvalue weighted by Gasteiger charge is 2.22. The summed E-state index contributed by atoms with van der Waals surface area (Å²) in [7, 11) is 0. The minimum absolute atomic E-state index is 0.0652. The highest BCUT2D eigenvalue weighted by Crippen LogP contribution is 2.30. The summed E-state index contributed by atoms with van der Waals surface area (Å²) in [6.07, 6.45) is 6.76. The Labute approximate surface area is 140 Å². The van der Waals surface area contributed by atoms with E-state index in [1.165, 1.54) is 19.3 Å². The zero-order valence-corrected chi connectivity index (χ0v) is 13.8. The molecule has 24 heavy (non-hydrogen) atoms. The number of nitrogens with one attached hydrogen (secondary N) is 3. The molecule has 1 unspecified atom stereocenters. The Bertz CT molecular complexity index is 795. The first-order chi connectivity index (χ1) is 11.7. The number of hydrogen-bond acceptors (Lipinski definition) is 3. The van der Waals surface area contributed by atoms with E-state index in [0.717, 1.165) is 36.8 Å². The lowest BCUT2D eigenvalue weighted by atomic mass is 10.1. The van der Waals surface area contributed by atoms with Gasteiger partial charge < -0.3 is 15.6 Å². The van der Waals surface area contributed by atoms with E-state index >= 15 is 0 Å². The van der Waals surface area contributed by atoms with E-state index in [-0.39, 0.29) is 11.6 Å². The van der Waals surface area contributed by atoms with E-state index in [1.807, 2.05) is 16.7 Å². The molecule has 128 valence electrons. The van der Waals surface area contributed by atoms with Gasteiger partial charge in [-0.05, 0) is 50.4 Å². The van der Waals surface area contributed by atoms with Crippen LogP contribution in [0.4, 0.5) is 0 Å². The average molecular weight is 328 g/mol. The maximum atomic E-state index is 12.4. The lowest BCUT2D eigenvalue weighted by molar-refractivity contribution is 0.0950. The molecule has 0 bridgehead atoms. The minimum Gasteiger partial charge on any atom is -0.350 e. The van der Waals surface area contributed by atoms with Crippen molar-refractivity contribution in [2.75, 3.05) is 13.1 Å². The highest BCUT2D eigenvalue weighted by molar-refractivity contribution is 5.97. The van der Waals surface area contributed by atoms with Crippen molar-refractivity contribution < 1.29 is 4.79 Å². The van der Waals surface area contributed by atoms with Gasteiger partial charge in [-0.1, -0.05) is 12.8 Å². The second-order valence-electron chi connectivity index (χ2n) is 6.97. The molecule has 0 spiro atoms. The molecule has 1 saturated heterocycles. The number of rotatable bonds is 4. The van der Waals surface area contributed by atoms with E-state index in [9.17, 15) is 9.59 Å². The van der Waals surface area contributed by atoms with Crippen LogP contribution in [0, 0.1) is 0 Å². The summed E-state index contributed by atoms with van der Waals surface area (Å²) >= 11 is 0. The molecule has 1 aliphatic heterocycles. The normalized spacial score (nSPS) is 21.6. The second kappa shape index (κ2) is 6.43. The quantitative estimate of drug-likeness (QED) is 0.802. The lowest BCUT2D eigenvalue weighted by Crippen LogP contribution is -2.37. The van der Waals surface area contributed by atoms with Crippen molar-refractivity contribution in [2.45, 2.75) is 50.6 Å². The van der Waals surface area contributed by atoms with Crippen LogP contribution in [0.5, 0.6) is 0 Å². The topological polar surface area (TPSA) is 78.9 Å². The Hall–Kier alpha value is -2.08. The van der Waals surface area contributed by atoms with E-state index in [0.29, 0.717) is 24.2 Å². The third-order valence-corrected chi connectivity index (χ3v) is 5.34. The molecular formula is C18H24N4O2. The molecule has 1 aromatic heterocycles. The number of H-pyrrole nitrogens is 1. The number of aromatic nitrogens is 2. The van der Waals surface area contributed by atoms with Crippen molar-refractivity contribution >= 4 is 16.9 Å². The lowest BCUT2D eigenvalue weighted by Gasteiger charge is -2.12. The molecule has 4 rings (SSSR count). The molecule has 2 aromatic rings. The summed E-state index contributed by atoms with van der Waals surface area (Å²) in [4.78, 5) is 27.6. The van der Waals surface area contributed by atoms with Crippen LogP contribution in [-0.4, -0.2) is 34.6 Å². The van der Waals surface area contributed by atoms with Crippen LogP contribution in [-0.2, 0) is 0 Å². The maximum Gasteiger partial charge on any atom is 0.326 e. The summed E-state index contributed by atoms with van der Waals surface area (Å²) < 4.78 is 1.87. The fourth-order valence-corrected chi connectivity index (χ4v) is 4.05. The van der Waals surface area contributed by atoms with Gasteiger partial charge in [0.25, 0.3) is 5.91 Å². The van der Waals surface area contributed by atoms with Crippen LogP contribution in [0.25, 0.3) is 11.0 Å². The first kappa shape index (κ1) is 15.4. The number of carbonyl (C=O) groups is 1. The van der Waals surface area contributed by atoms with E-state index < -0.39 is 0 Å². The maximum absolute atomic E-state index is 12.4. The van der Waals surface area contributed by atoms with Crippen molar-refractivity contribution in [3.8, 4) is 0 Å². The first-order valence-corrected chi connectivity index (χ1v) is 8.98. The second-order valence-corrected chi connectivity index (χ2v) is 6.97. The molecule has 1 atom stereocenters. The number of imidazole rings is 1. The number of fused-ring (bicyclic) bond motifs is 1. The Kier molecular flexibility index (Phi) is 4.14. The van der Waals surface area contributed by atoms with E-state index in [1.54, 1.807) is 6.07 Å². The van der Waals surface area contributed by atoms with Crippen molar-refractivity contribution in [3.63, 3.8) is 0 Å². The van der Waals surface area contributed by atoms with Crippen LogP contribution in [0.2, 0.25) is 0 Å². The number of carbonyl (C=O) groups excluding carboxylic acids is 1. The van der Waals surface area contributed by atoms with Gasteiger partial charge in [-0.25, -0.2) is 4.79 Å². The van der Waals surface area contributed by atoms with Gasteiger partial charge in [-0.15, -0.1) is 0 Å². The smallest absolute Gasteiger partial charge is 0.326 e. The summed E-state index contributed by atoms with van der Waals surface area (Å²) in [5.74, 6) is -0.0833. The van der Waals surface area contributed by atoms with Gasteiger partial charge in [0.2, 0.25) is 0 Å². The van der Waals surface area contributed by atoms with E-state index in [2.05, 4.69) is 15.6 Å². The molecule has 0 radical (unpaired) electrons. The Balaban J connectivity index is 1.54. The number of aromatic amines is 1. The predicted octanol–water partition coefficient (Wildman–Crippen LogP) is 1.93. The van der Waals surface area contributed by atoms with Gasteiger partial charge in [-0.3, -0.25) is 9.36 Å². The van der Waals surface area contributed by atoms with Gasteiger partial charge in [0.05, 0.1) is 11.0 Å². The molecule has 6 nitrogen and oxygen atoms in total. The number of amides is 1. The fourth-order valence-electron chi connectivity index (χ4n) is 4.05. The summed E-state index contributed by atoms with van der Waals surface area (Å²) in [6, 6.07) is 6.17. The zero-order valence-electron chi connectivity index (χ0n) is 13.8. The Morgan fingerprint density at radius 3 is 2.79 bits per heavy atom. The van der Waals surface area contributed by atoms with Gasteiger partial charge in [-0.2, -0.15) is 0 Å². The first-order valence-electron chi connectivity index (χ1n) is 8.98. The zero-order chi connectivity index (χ0) is 16.5. The third-order valence-electron chi connectivity index (χ3n) is 5.34. The number of benzene rings is 1. The molecule has 3 N–H and O–H groups in total. The van der Waals surface area contributed by atoms with Crippen LogP contribution in [0.3, 0.4) is 0 Å².